The van der Waals surface area contributed by atoms with Gasteiger partial charge in [-0.05, 0) is 60.7 Å². The minimum Gasteiger partial charge on any atom is -0.465 e. The number of amides is 1. The van der Waals surface area contributed by atoms with Crippen molar-refractivity contribution in [2.45, 2.75) is 25.8 Å². The minimum atomic E-state index is -0.357. The third-order valence-electron chi connectivity index (χ3n) is 4.94. The average molecular weight is 353 g/mol. The second-order valence-corrected chi connectivity index (χ2v) is 6.58. The van der Waals surface area contributed by atoms with Gasteiger partial charge in [-0.2, -0.15) is 0 Å². The summed E-state index contributed by atoms with van der Waals surface area (Å²) in [5.41, 5.74) is 4.09. The quantitative estimate of drug-likeness (QED) is 0.858. The van der Waals surface area contributed by atoms with Gasteiger partial charge in [0.15, 0.2) is 0 Å². The number of carbonyl (C=O) groups is 2. The standard InChI is InChI=1S/C21H23NO4/c1-14-12-17(21(25)26-2)9-10-19(14)15-5-7-16(8-6-15)20(24)22-11-3-4-18(22)13-23/h5-10,12,18,23H,3-4,11,13H2,1-2H3/t18-/m0/s1. The molecule has 3 rings (SSSR count). The highest BCUT2D eigenvalue weighted by molar-refractivity contribution is 5.95. The first-order valence-corrected chi connectivity index (χ1v) is 8.76. The van der Waals surface area contributed by atoms with Gasteiger partial charge in [-0.3, -0.25) is 4.79 Å². The topological polar surface area (TPSA) is 66.8 Å². The lowest BCUT2D eigenvalue weighted by atomic mass is 9.97. The van der Waals surface area contributed by atoms with E-state index in [0.717, 1.165) is 29.5 Å². The number of benzene rings is 2. The van der Waals surface area contributed by atoms with E-state index in [0.29, 0.717) is 17.7 Å². The van der Waals surface area contributed by atoms with Crippen LogP contribution in [0, 0.1) is 6.92 Å². The zero-order valence-electron chi connectivity index (χ0n) is 15.1. The number of methoxy groups -OCH3 is 1. The van der Waals surface area contributed by atoms with Crippen LogP contribution in [0.25, 0.3) is 11.1 Å². The largest absolute Gasteiger partial charge is 0.465 e. The Bertz CT molecular complexity index is 813. The number of hydrogen-bond donors (Lipinski definition) is 1. The monoisotopic (exact) mass is 353 g/mol. The fraction of sp³-hybridized carbons (Fsp3) is 0.333. The Labute approximate surface area is 153 Å². The molecule has 5 nitrogen and oxygen atoms in total. The first kappa shape index (κ1) is 18.1. The van der Waals surface area contributed by atoms with Crippen molar-refractivity contribution in [2.24, 2.45) is 0 Å². The molecule has 1 saturated heterocycles. The van der Waals surface area contributed by atoms with Crippen molar-refractivity contribution in [3.63, 3.8) is 0 Å². The second kappa shape index (κ2) is 7.70. The molecule has 0 saturated carbocycles. The van der Waals surface area contributed by atoms with Gasteiger partial charge in [-0.1, -0.05) is 18.2 Å². The van der Waals surface area contributed by atoms with Crippen LogP contribution in [-0.2, 0) is 4.74 Å². The van der Waals surface area contributed by atoms with Crippen molar-refractivity contribution < 1.29 is 19.4 Å². The lowest BCUT2D eigenvalue weighted by Gasteiger charge is -2.23. The van der Waals surface area contributed by atoms with Gasteiger partial charge in [-0.15, -0.1) is 0 Å². The van der Waals surface area contributed by atoms with Gasteiger partial charge in [0, 0.05) is 12.1 Å². The van der Waals surface area contributed by atoms with E-state index in [2.05, 4.69) is 0 Å². The Kier molecular flexibility index (Phi) is 5.38. The van der Waals surface area contributed by atoms with Crippen LogP contribution in [-0.4, -0.2) is 48.2 Å². The predicted octanol–water partition coefficient (Wildman–Crippen LogP) is 3.05. The number of aryl methyl sites for hydroxylation is 1. The van der Waals surface area contributed by atoms with Crippen LogP contribution in [0.4, 0.5) is 0 Å². The molecule has 1 amide bonds. The van der Waals surface area contributed by atoms with Gasteiger partial charge in [-0.25, -0.2) is 4.79 Å². The summed E-state index contributed by atoms with van der Waals surface area (Å²) in [5, 5.41) is 9.41. The zero-order valence-corrected chi connectivity index (χ0v) is 15.1. The Morgan fingerprint density at radius 3 is 2.46 bits per heavy atom. The molecule has 0 aliphatic carbocycles. The fourth-order valence-electron chi connectivity index (χ4n) is 3.48. The van der Waals surface area contributed by atoms with Crippen molar-refractivity contribution in [3.05, 3.63) is 59.2 Å². The third-order valence-corrected chi connectivity index (χ3v) is 4.94. The summed E-state index contributed by atoms with van der Waals surface area (Å²) in [6, 6.07) is 12.8. The Balaban J connectivity index is 1.81. The summed E-state index contributed by atoms with van der Waals surface area (Å²) in [6.07, 6.45) is 1.78. The zero-order chi connectivity index (χ0) is 18.7. The molecule has 26 heavy (non-hydrogen) atoms. The van der Waals surface area contributed by atoms with Crippen LogP contribution in [0.15, 0.2) is 42.5 Å². The van der Waals surface area contributed by atoms with Crippen molar-refractivity contribution in [1.82, 2.24) is 4.90 Å². The number of likely N-dealkylation sites (tertiary alicyclic amines) is 1. The van der Waals surface area contributed by atoms with Crippen LogP contribution in [0.2, 0.25) is 0 Å². The molecule has 1 heterocycles. The van der Waals surface area contributed by atoms with Crippen molar-refractivity contribution in [3.8, 4) is 11.1 Å². The molecule has 1 atom stereocenters. The summed E-state index contributed by atoms with van der Waals surface area (Å²) in [5.74, 6) is -0.393. The number of carbonyl (C=O) groups excluding carboxylic acids is 2. The van der Waals surface area contributed by atoms with Gasteiger partial charge in [0.1, 0.15) is 0 Å². The molecule has 0 spiro atoms. The molecule has 0 bridgehead atoms. The maximum absolute atomic E-state index is 12.6. The predicted molar refractivity (Wildman–Crippen MR) is 99.1 cm³/mol. The van der Waals surface area contributed by atoms with Crippen molar-refractivity contribution in [1.29, 1.82) is 0 Å². The first-order chi connectivity index (χ1) is 12.5. The summed E-state index contributed by atoms with van der Waals surface area (Å²) in [4.78, 5) is 26.0. The number of aliphatic hydroxyl groups excluding tert-OH is 1. The number of nitrogens with zero attached hydrogens (tertiary/aromatic N) is 1. The average Bonchev–Trinajstić information content (AvgIpc) is 3.15. The Hall–Kier alpha value is -2.66. The number of rotatable bonds is 4. The highest BCUT2D eigenvalue weighted by Gasteiger charge is 2.28. The molecule has 136 valence electrons. The SMILES string of the molecule is COC(=O)c1ccc(-c2ccc(C(=O)N3CCC[C@H]3CO)cc2)c(C)c1. The fourth-order valence-corrected chi connectivity index (χ4v) is 3.48. The molecular formula is C21H23NO4. The highest BCUT2D eigenvalue weighted by atomic mass is 16.5. The summed E-state index contributed by atoms with van der Waals surface area (Å²) in [6.45, 7) is 2.65. The van der Waals surface area contributed by atoms with Gasteiger partial charge in [0.05, 0.1) is 25.3 Å². The highest BCUT2D eigenvalue weighted by Crippen LogP contribution is 2.26. The van der Waals surface area contributed by atoms with Crippen LogP contribution >= 0.6 is 0 Å². The van der Waals surface area contributed by atoms with E-state index in [1.807, 2.05) is 37.3 Å². The van der Waals surface area contributed by atoms with E-state index in [4.69, 9.17) is 4.74 Å². The molecule has 1 N–H and O–H groups in total. The number of hydrogen-bond acceptors (Lipinski definition) is 4. The van der Waals surface area contributed by atoms with Gasteiger partial charge < -0.3 is 14.7 Å². The lowest BCUT2D eigenvalue weighted by molar-refractivity contribution is 0.0600. The van der Waals surface area contributed by atoms with Crippen LogP contribution < -0.4 is 0 Å². The molecule has 1 aliphatic rings. The summed E-state index contributed by atoms with van der Waals surface area (Å²) < 4.78 is 4.75. The van der Waals surface area contributed by atoms with E-state index >= 15 is 0 Å². The summed E-state index contributed by atoms with van der Waals surface area (Å²) >= 11 is 0. The minimum absolute atomic E-state index is 0.00949. The maximum Gasteiger partial charge on any atom is 0.337 e. The smallest absolute Gasteiger partial charge is 0.337 e. The molecule has 2 aromatic carbocycles. The Morgan fingerprint density at radius 2 is 1.85 bits per heavy atom. The van der Waals surface area contributed by atoms with Crippen LogP contribution in [0.3, 0.4) is 0 Å². The van der Waals surface area contributed by atoms with Crippen molar-refractivity contribution >= 4 is 11.9 Å². The normalized spacial score (nSPS) is 16.6. The van der Waals surface area contributed by atoms with E-state index in [-0.39, 0.29) is 24.5 Å². The molecule has 0 unspecified atom stereocenters. The Morgan fingerprint density at radius 1 is 1.15 bits per heavy atom. The number of esters is 1. The van der Waals surface area contributed by atoms with Crippen molar-refractivity contribution in [2.75, 3.05) is 20.3 Å². The molecule has 2 aromatic rings. The lowest BCUT2D eigenvalue weighted by Crippen LogP contribution is -2.37. The first-order valence-electron chi connectivity index (χ1n) is 8.76. The number of ether oxygens (including phenoxy) is 1. The summed E-state index contributed by atoms with van der Waals surface area (Å²) in [7, 11) is 1.36. The van der Waals surface area contributed by atoms with Crippen LogP contribution in [0.1, 0.15) is 39.1 Å². The second-order valence-electron chi connectivity index (χ2n) is 6.58. The molecule has 1 fully saturated rings. The maximum atomic E-state index is 12.6. The van der Waals surface area contributed by atoms with Gasteiger partial charge in [0.2, 0.25) is 0 Å². The molecule has 5 heteroatoms. The van der Waals surface area contributed by atoms with E-state index < -0.39 is 0 Å². The molecule has 1 aliphatic heterocycles. The van der Waals surface area contributed by atoms with Gasteiger partial charge >= 0.3 is 5.97 Å². The van der Waals surface area contributed by atoms with E-state index in [1.165, 1.54) is 7.11 Å². The van der Waals surface area contributed by atoms with E-state index in [9.17, 15) is 14.7 Å². The van der Waals surface area contributed by atoms with Gasteiger partial charge in [0.25, 0.3) is 5.91 Å². The van der Waals surface area contributed by atoms with E-state index in [1.54, 1.807) is 17.0 Å². The molecular weight excluding hydrogens is 330 g/mol. The molecule has 0 aromatic heterocycles. The van der Waals surface area contributed by atoms with Crippen LogP contribution in [0.5, 0.6) is 0 Å². The third kappa shape index (κ3) is 3.48. The number of aliphatic hydroxyl groups is 1. The molecule has 0 radical (unpaired) electrons.